The molecule has 2 aromatic carbocycles. The first-order chi connectivity index (χ1) is 14.9. The molecular weight excluding hydrogens is 399 g/mol. The molecule has 0 saturated heterocycles. The van der Waals surface area contributed by atoms with Gasteiger partial charge in [0.15, 0.2) is 0 Å². The summed E-state index contributed by atoms with van der Waals surface area (Å²) in [7, 11) is 0. The lowest BCUT2D eigenvalue weighted by atomic mass is 10.0. The van der Waals surface area contributed by atoms with Crippen molar-refractivity contribution >= 4 is 5.97 Å². The summed E-state index contributed by atoms with van der Waals surface area (Å²) in [6, 6.07) is 13.3. The van der Waals surface area contributed by atoms with Crippen LogP contribution in [0.2, 0.25) is 0 Å². The number of aromatic nitrogens is 2. The van der Waals surface area contributed by atoms with Crippen LogP contribution in [-0.4, -0.2) is 38.7 Å². The maximum Gasteiger partial charge on any atom is 0.307 e. The Hall–Kier alpha value is -3.19. The summed E-state index contributed by atoms with van der Waals surface area (Å²) < 4.78 is 21.4. The number of carboxylic acid groups (broad SMARTS) is 1. The van der Waals surface area contributed by atoms with Gasteiger partial charge in [0.25, 0.3) is 0 Å². The zero-order chi connectivity index (χ0) is 22.4. The normalized spacial score (nSPS) is 12.0. The van der Waals surface area contributed by atoms with Gasteiger partial charge in [0.1, 0.15) is 11.6 Å². The summed E-state index contributed by atoms with van der Waals surface area (Å²) in [6.07, 6.45) is 0.653. The van der Waals surface area contributed by atoms with Crippen molar-refractivity contribution in [3.05, 3.63) is 59.9 Å². The van der Waals surface area contributed by atoms with E-state index in [1.807, 2.05) is 19.9 Å². The third kappa shape index (κ3) is 5.70. The lowest BCUT2D eigenvalue weighted by molar-refractivity contribution is -0.136. The number of aliphatic hydroxyl groups excluding tert-OH is 1. The molecule has 1 atom stereocenters. The number of carbonyl (C=O) groups is 1. The fraction of sp³-hybridized carbons (Fsp3) is 0.333. The number of hydrogen-bond donors (Lipinski definition) is 2. The fourth-order valence-electron chi connectivity index (χ4n) is 3.30. The highest BCUT2D eigenvalue weighted by molar-refractivity contribution is 5.76. The highest BCUT2D eigenvalue weighted by Crippen LogP contribution is 2.34. The number of aliphatic carboxylic acids is 1. The van der Waals surface area contributed by atoms with E-state index < -0.39 is 12.1 Å². The summed E-state index contributed by atoms with van der Waals surface area (Å²) in [6.45, 7) is 4.64. The molecule has 0 fully saturated rings. The van der Waals surface area contributed by atoms with Crippen LogP contribution in [0.5, 0.6) is 5.75 Å². The van der Waals surface area contributed by atoms with Crippen molar-refractivity contribution in [2.45, 2.75) is 45.8 Å². The van der Waals surface area contributed by atoms with Gasteiger partial charge in [0, 0.05) is 11.1 Å². The molecule has 164 valence electrons. The van der Waals surface area contributed by atoms with Crippen molar-refractivity contribution < 1.29 is 24.1 Å². The van der Waals surface area contributed by atoms with E-state index in [0.29, 0.717) is 46.9 Å². The van der Waals surface area contributed by atoms with Crippen molar-refractivity contribution in [2.75, 3.05) is 6.61 Å². The predicted octanol–water partition coefficient (Wildman–Crippen LogP) is 4.54. The van der Waals surface area contributed by atoms with Crippen LogP contribution in [0.15, 0.2) is 48.5 Å². The first-order valence-electron chi connectivity index (χ1n) is 10.4. The minimum Gasteiger partial charge on any atom is -0.493 e. The maximum atomic E-state index is 13.9. The first kappa shape index (κ1) is 22.5. The van der Waals surface area contributed by atoms with Crippen LogP contribution >= 0.6 is 0 Å². The maximum absolute atomic E-state index is 13.9. The zero-order valence-corrected chi connectivity index (χ0v) is 17.7. The predicted molar refractivity (Wildman–Crippen MR) is 116 cm³/mol. The van der Waals surface area contributed by atoms with Gasteiger partial charge in [0.05, 0.1) is 37.1 Å². The van der Waals surface area contributed by atoms with Crippen LogP contribution in [0.3, 0.4) is 0 Å². The number of aliphatic hydroxyl groups is 1. The number of rotatable bonds is 10. The van der Waals surface area contributed by atoms with Crippen molar-refractivity contribution in [3.63, 3.8) is 0 Å². The van der Waals surface area contributed by atoms with E-state index >= 15 is 0 Å². The van der Waals surface area contributed by atoms with Gasteiger partial charge in [-0.15, -0.1) is 0 Å². The Morgan fingerprint density at radius 3 is 2.68 bits per heavy atom. The SMILES string of the molecule is CCCOc1ccc(CC(=O)O)cc1-c1cc(-c2cccc(F)c2)n(C[C@H](O)CC)n1. The van der Waals surface area contributed by atoms with Gasteiger partial charge in [-0.1, -0.05) is 32.0 Å². The van der Waals surface area contributed by atoms with E-state index in [-0.39, 0.29) is 18.8 Å². The average Bonchev–Trinajstić information content (AvgIpc) is 3.15. The minimum absolute atomic E-state index is 0.118. The Kier molecular flexibility index (Phi) is 7.41. The number of halogens is 1. The quantitative estimate of drug-likeness (QED) is 0.497. The standard InChI is InChI=1S/C24H27FN2O4/c1-3-10-31-23-9-8-16(12-24(29)30)11-20(23)21-14-22(17-6-5-7-18(25)13-17)27(26-21)15-19(28)4-2/h5-9,11,13-14,19,28H,3-4,10,12,15H2,1-2H3,(H,29,30)/t19-/m1/s1. The van der Waals surface area contributed by atoms with Gasteiger partial charge in [-0.25, -0.2) is 4.39 Å². The molecule has 1 heterocycles. The lowest BCUT2D eigenvalue weighted by Crippen LogP contribution is -2.16. The molecule has 7 heteroatoms. The molecule has 3 rings (SSSR count). The van der Waals surface area contributed by atoms with E-state index in [2.05, 4.69) is 5.10 Å². The number of hydrogen-bond acceptors (Lipinski definition) is 4. The summed E-state index contributed by atoms with van der Waals surface area (Å²) >= 11 is 0. The highest BCUT2D eigenvalue weighted by atomic mass is 19.1. The van der Waals surface area contributed by atoms with Crippen molar-refractivity contribution in [1.82, 2.24) is 9.78 Å². The molecule has 0 radical (unpaired) electrons. The van der Waals surface area contributed by atoms with Crippen LogP contribution in [0.4, 0.5) is 4.39 Å². The second-order valence-corrected chi connectivity index (χ2v) is 7.42. The summed E-state index contributed by atoms with van der Waals surface area (Å²) in [5.41, 5.74) is 3.16. The molecule has 0 aliphatic carbocycles. The molecule has 0 bridgehead atoms. The second kappa shape index (κ2) is 10.2. The van der Waals surface area contributed by atoms with Crippen molar-refractivity contribution in [2.24, 2.45) is 0 Å². The van der Waals surface area contributed by atoms with E-state index in [1.165, 1.54) is 12.1 Å². The third-order valence-electron chi connectivity index (χ3n) is 4.89. The summed E-state index contributed by atoms with van der Waals surface area (Å²) in [5.74, 6) is -0.689. The van der Waals surface area contributed by atoms with Gasteiger partial charge in [-0.05, 0) is 48.7 Å². The van der Waals surface area contributed by atoms with Crippen LogP contribution in [0.25, 0.3) is 22.5 Å². The largest absolute Gasteiger partial charge is 0.493 e. The van der Waals surface area contributed by atoms with Crippen molar-refractivity contribution in [3.8, 4) is 28.3 Å². The molecule has 31 heavy (non-hydrogen) atoms. The van der Waals surface area contributed by atoms with Crippen LogP contribution in [-0.2, 0) is 17.8 Å². The van der Waals surface area contributed by atoms with Crippen molar-refractivity contribution in [1.29, 1.82) is 0 Å². The van der Waals surface area contributed by atoms with Gasteiger partial charge in [0.2, 0.25) is 0 Å². The molecule has 0 aliphatic rings. The van der Waals surface area contributed by atoms with Gasteiger partial charge >= 0.3 is 5.97 Å². The number of carboxylic acids is 1. The van der Waals surface area contributed by atoms with E-state index in [4.69, 9.17) is 4.74 Å². The molecule has 1 aromatic heterocycles. The number of nitrogens with zero attached hydrogens (tertiary/aromatic N) is 2. The fourth-order valence-corrected chi connectivity index (χ4v) is 3.30. The van der Waals surface area contributed by atoms with Crippen LogP contribution < -0.4 is 4.74 Å². The Bertz CT molecular complexity index is 1050. The number of benzene rings is 2. The Morgan fingerprint density at radius 2 is 2.00 bits per heavy atom. The minimum atomic E-state index is -0.926. The smallest absolute Gasteiger partial charge is 0.307 e. The van der Waals surface area contributed by atoms with E-state index in [1.54, 1.807) is 35.0 Å². The molecule has 0 saturated carbocycles. The topological polar surface area (TPSA) is 84.6 Å². The van der Waals surface area contributed by atoms with Gasteiger partial charge in [-0.2, -0.15) is 5.10 Å². The summed E-state index contributed by atoms with van der Waals surface area (Å²) in [4.78, 5) is 11.2. The van der Waals surface area contributed by atoms with Crippen LogP contribution in [0.1, 0.15) is 32.3 Å². The Morgan fingerprint density at radius 1 is 1.19 bits per heavy atom. The molecule has 3 aromatic rings. The molecule has 0 aliphatic heterocycles. The van der Waals surface area contributed by atoms with Gasteiger partial charge < -0.3 is 14.9 Å². The summed E-state index contributed by atoms with van der Waals surface area (Å²) in [5, 5.41) is 24.1. The number of ether oxygens (including phenoxy) is 1. The highest BCUT2D eigenvalue weighted by Gasteiger charge is 2.18. The monoisotopic (exact) mass is 426 g/mol. The Balaban J connectivity index is 2.12. The second-order valence-electron chi connectivity index (χ2n) is 7.42. The molecule has 0 amide bonds. The van der Waals surface area contributed by atoms with Gasteiger partial charge in [-0.3, -0.25) is 9.48 Å². The zero-order valence-electron chi connectivity index (χ0n) is 17.7. The first-order valence-corrected chi connectivity index (χ1v) is 10.4. The molecular formula is C24H27FN2O4. The molecule has 6 nitrogen and oxygen atoms in total. The van der Waals surface area contributed by atoms with Crippen LogP contribution in [0, 0.1) is 5.82 Å². The molecule has 0 spiro atoms. The third-order valence-corrected chi connectivity index (χ3v) is 4.89. The molecule has 2 N–H and O–H groups in total. The Labute approximate surface area is 180 Å². The van der Waals surface area contributed by atoms with E-state index in [9.17, 15) is 19.4 Å². The van der Waals surface area contributed by atoms with E-state index in [0.717, 1.165) is 6.42 Å². The average molecular weight is 426 g/mol. The lowest BCUT2D eigenvalue weighted by Gasteiger charge is -2.12. The molecule has 0 unspecified atom stereocenters.